The van der Waals surface area contributed by atoms with Gasteiger partial charge in [-0.2, -0.15) is 0 Å². The average molecular weight is 576 g/mol. The third-order valence-electron chi connectivity index (χ3n) is 5.97. The van der Waals surface area contributed by atoms with Crippen LogP contribution < -0.4 is 9.64 Å². The van der Waals surface area contributed by atoms with Gasteiger partial charge in [0.05, 0.1) is 11.6 Å². The molecular formula is C28H22BrN3O4S. The normalized spacial score (nSPS) is 16.8. The standard InChI is InChI=1S/C28H22BrN3O4S/c1-16-4-3-5-18(14-16)15-36-22-12-8-20(9-13-22)25(33)23-24(19-6-10-21(29)11-7-19)32(27(35)26(23)34)28-31-30-17(2)37-28/h3-14,24,33H,15H2,1-2H3/t24-/m0/s1. The minimum absolute atomic E-state index is 0.00592. The van der Waals surface area contributed by atoms with Crippen LogP contribution in [-0.4, -0.2) is 27.0 Å². The summed E-state index contributed by atoms with van der Waals surface area (Å²) in [6, 6.07) is 21.2. The van der Waals surface area contributed by atoms with Crippen molar-refractivity contribution in [3.8, 4) is 5.75 Å². The first-order valence-electron chi connectivity index (χ1n) is 11.5. The number of aryl methyl sites for hydroxylation is 2. The molecule has 1 atom stereocenters. The van der Waals surface area contributed by atoms with E-state index in [4.69, 9.17) is 4.74 Å². The van der Waals surface area contributed by atoms with Crippen molar-refractivity contribution < 1.29 is 19.4 Å². The van der Waals surface area contributed by atoms with Crippen molar-refractivity contribution in [1.82, 2.24) is 10.2 Å². The van der Waals surface area contributed by atoms with Gasteiger partial charge in [-0.05, 0) is 61.4 Å². The fourth-order valence-corrected chi connectivity index (χ4v) is 5.19. The number of ketones is 1. The van der Waals surface area contributed by atoms with Gasteiger partial charge in [0, 0.05) is 10.0 Å². The number of amides is 1. The molecule has 1 N–H and O–H groups in total. The molecule has 37 heavy (non-hydrogen) atoms. The van der Waals surface area contributed by atoms with Gasteiger partial charge in [-0.25, -0.2) is 0 Å². The van der Waals surface area contributed by atoms with Gasteiger partial charge in [-0.3, -0.25) is 14.5 Å². The minimum atomic E-state index is -0.849. The molecule has 0 unspecified atom stereocenters. The fraction of sp³-hybridized carbons (Fsp3) is 0.143. The van der Waals surface area contributed by atoms with Gasteiger partial charge in [-0.1, -0.05) is 69.2 Å². The van der Waals surface area contributed by atoms with Gasteiger partial charge in [0.25, 0.3) is 5.78 Å². The van der Waals surface area contributed by atoms with Crippen LogP contribution >= 0.6 is 27.3 Å². The highest BCUT2D eigenvalue weighted by atomic mass is 79.9. The molecule has 7 nitrogen and oxygen atoms in total. The Morgan fingerprint density at radius 1 is 1.03 bits per heavy atom. The average Bonchev–Trinajstić information content (AvgIpc) is 3.43. The number of aliphatic hydroxyl groups excluding tert-OH is 1. The first kappa shape index (κ1) is 24.9. The molecule has 0 saturated carbocycles. The van der Waals surface area contributed by atoms with Crippen LogP contribution in [-0.2, 0) is 16.2 Å². The summed E-state index contributed by atoms with van der Waals surface area (Å²) in [5.41, 5.74) is 3.26. The molecule has 1 aliphatic rings. The van der Waals surface area contributed by atoms with E-state index in [9.17, 15) is 14.7 Å². The summed E-state index contributed by atoms with van der Waals surface area (Å²) in [5.74, 6) is -1.19. The molecule has 2 heterocycles. The number of carbonyl (C=O) groups is 2. The molecule has 1 fully saturated rings. The predicted octanol–water partition coefficient (Wildman–Crippen LogP) is 6.12. The van der Waals surface area contributed by atoms with Crippen LogP contribution in [0.15, 0.2) is 82.8 Å². The van der Waals surface area contributed by atoms with E-state index in [2.05, 4.69) is 32.2 Å². The molecule has 4 aromatic rings. The third kappa shape index (κ3) is 5.05. The summed E-state index contributed by atoms with van der Waals surface area (Å²) >= 11 is 4.63. The zero-order valence-corrected chi connectivity index (χ0v) is 22.4. The van der Waals surface area contributed by atoms with Crippen LogP contribution in [0, 0.1) is 13.8 Å². The Kier molecular flexibility index (Phi) is 6.90. The molecule has 5 rings (SSSR count). The lowest BCUT2D eigenvalue weighted by Crippen LogP contribution is -2.29. The third-order valence-corrected chi connectivity index (χ3v) is 7.33. The second-order valence-electron chi connectivity index (χ2n) is 8.63. The monoisotopic (exact) mass is 575 g/mol. The molecule has 1 aliphatic heterocycles. The molecule has 0 bridgehead atoms. The van der Waals surface area contributed by atoms with Crippen LogP contribution in [0.4, 0.5) is 5.13 Å². The summed E-state index contributed by atoms with van der Waals surface area (Å²) in [7, 11) is 0. The van der Waals surface area contributed by atoms with E-state index in [0.717, 1.165) is 15.6 Å². The molecule has 0 spiro atoms. The van der Waals surface area contributed by atoms with E-state index in [1.165, 1.54) is 16.2 Å². The van der Waals surface area contributed by atoms with Gasteiger partial charge in [-0.15, -0.1) is 10.2 Å². The van der Waals surface area contributed by atoms with Crippen molar-refractivity contribution in [3.05, 3.63) is 110 Å². The van der Waals surface area contributed by atoms with Crippen molar-refractivity contribution in [2.45, 2.75) is 26.5 Å². The number of halogens is 1. The summed E-state index contributed by atoms with van der Waals surface area (Å²) in [6.45, 7) is 4.20. The van der Waals surface area contributed by atoms with Crippen LogP contribution in [0.1, 0.15) is 33.3 Å². The number of nitrogens with zero attached hydrogens (tertiary/aromatic N) is 3. The van der Waals surface area contributed by atoms with E-state index in [1.54, 1.807) is 43.3 Å². The van der Waals surface area contributed by atoms with Crippen LogP contribution in [0.5, 0.6) is 5.75 Å². The van der Waals surface area contributed by atoms with Gasteiger partial charge in [0.15, 0.2) is 0 Å². The highest BCUT2D eigenvalue weighted by molar-refractivity contribution is 9.10. The quantitative estimate of drug-likeness (QED) is 0.169. The van der Waals surface area contributed by atoms with E-state index in [0.29, 0.717) is 33.6 Å². The van der Waals surface area contributed by atoms with Crippen molar-refractivity contribution in [1.29, 1.82) is 0 Å². The molecule has 1 aromatic heterocycles. The lowest BCUT2D eigenvalue weighted by Gasteiger charge is -2.22. The molecule has 186 valence electrons. The molecule has 1 amide bonds. The zero-order chi connectivity index (χ0) is 26.1. The lowest BCUT2D eigenvalue weighted by atomic mass is 9.95. The van der Waals surface area contributed by atoms with Gasteiger partial charge in [0.1, 0.15) is 23.1 Å². The van der Waals surface area contributed by atoms with Crippen LogP contribution in [0.25, 0.3) is 5.76 Å². The van der Waals surface area contributed by atoms with Crippen molar-refractivity contribution in [2.24, 2.45) is 0 Å². The van der Waals surface area contributed by atoms with Crippen LogP contribution in [0.3, 0.4) is 0 Å². The maximum absolute atomic E-state index is 13.2. The van der Waals surface area contributed by atoms with E-state index >= 15 is 0 Å². The van der Waals surface area contributed by atoms with Crippen LogP contribution in [0.2, 0.25) is 0 Å². The Morgan fingerprint density at radius 3 is 2.41 bits per heavy atom. The van der Waals surface area contributed by atoms with Gasteiger partial charge < -0.3 is 9.84 Å². The molecule has 0 aliphatic carbocycles. The number of aliphatic hydroxyl groups is 1. The number of Topliss-reactive ketones (excluding diaryl/α,β-unsaturated/α-hetero) is 1. The van der Waals surface area contributed by atoms with E-state index in [-0.39, 0.29) is 11.3 Å². The number of aromatic nitrogens is 2. The molecule has 0 radical (unpaired) electrons. The fourth-order valence-electron chi connectivity index (χ4n) is 4.21. The SMILES string of the molecule is Cc1cccc(COc2ccc(C(O)=C3C(=O)C(=O)N(c4nnc(C)s4)[C@H]3c3ccc(Br)cc3)cc2)c1. The number of benzene rings is 3. The van der Waals surface area contributed by atoms with E-state index < -0.39 is 17.7 Å². The Hall–Kier alpha value is -3.82. The second-order valence-corrected chi connectivity index (χ2v) is 10.7. The topological polar surface area (TPSA) is 92.6 Å². The van der Waals surface area contributed by atoms with Gasteiger partial charge in [0.2, 0.25) is 5.13 Å². The number of carbonyl (C=O) groups excluding carboxylic acids is 2. The number of anilines is 1. The highest BCUT2D eigenvalue weighted by Gasteiger charge is 2.48. The summed E-state index contributed by atoms with van der Waals surface area (Å²) in [4.78, 5) is 27.7. The van der Waals surface area contributed by atoms with E-state index in [1.807, 2.05) is 37.3 Å². The number of hydrogen-bond acceptors (Lipinski definition) is 7. The lowest BCUT2D eigenvalue weighted by molar-refractivity contribution is -0.132. The number of ether oxygens (including phenoxy) is 1. The summed E-state index contributed by atoms with van der Waals surface area (Å²) in [6.07, 6.45) is 0. The van der Waals surface area contributed by atoms with Crippen molar-refractivity contribution >= 4 is 49.8 Å². The molecule has 1 saturated heterocycles. The first-order valence-corrected chi connectivity index (χ1v) is 13.1. The predicted molar refractivity (Wildman–Crippen MR) is 146 cm³/mol. The Bertz CT molecular complexity index is 1510. The smallest absolute Gasteiger partial charge is 0.301 e. The zero-order valence-electron chi connectivity index (χ0n) is 20.0. The molecule has 3 aromatic carbocycles. The minimum Gasteiger partial charge on any atom is -0.507 e. The second kappa shape index (κ2) is 10.3. The molecule has 9 heteroatoms. The van der Waals surface area contributed by atoms with Gasteiger partial charge >= 0.3 is 5.91 Å². The Morgan fingerprint density at radius 2 is 1.76 bits per heavy atom. The number of rotatable bonds is 6. The number of hydrogen-bond donors (Lipinski definition) is 1. The highest BCUT2D eigenvalue weighted by Crippen LogP contribution is 2.43. The Balaban J connectivity index is 1.50. The Labute approximate surface area is 226 Å². The maximum atomic E-state index is 13.2. The van der Waals surface area contributed by atoms with Crippen molar-refractivity contribution in [2.75, 3.05) is 4.90 Å². The first-order chi connectivity index (χ1) is 17.8. The summed E-state index contributed by atoms with van der Waals surface area (Å²) < 4.78 is 6.73. The maximum Gasteiger partial charge on any atom is 0.301 e. The summed E-state index contributed by atoms with van der Waals surface area (Å²) in [5, 5.41) is 20.4. The largest absolute Gasteiger partial charge is 0.507 e. The van der Waals surface area contributed by atoms with Crippen molar-refractivity contribution in [3.63, 3.8) is 0 Å². The molecular weight excluding hydrogens is 554 g/mol.